The van der Waals surface area contributed by atoms with Crippen molar-refractivity contribution in [2.24, 2.45) is 5.73 Å². The molecule has 9 nitrogen and oxygen atoms in total. The fraction of sp³-hybridized carbons (Fsp3) is 0.673. The van der Waals surface area contributed by atoms with Crippen molar-refractivity contribution in [3.63, 3.8) is 0 Å². The Balaban J connectivity index is 4.17. The summed E-state index contributed by atoms with van der Waals surface area (Å²) in [5, 5.41) is 0. The summed E-state index contributed by atoms with van der Waals surface area (Å²) in [4.78, 5) is 34.9. The van der Waals surface area contributed by atoms with Gasteiger partial charge in [-0.15, -0.1) is 0 Å². The molecule has 10 heteroatoms. The zero-order valence-corrected chi connectivity index (χ0v) is 38.1. The van der Waals surface area contributed by atoms with Gasteiger partial charge in [0, 0.05) is 19.4 Å². The molecule has 0 fully saturated rings. The predicted octanol–water partition coefficient (Wildman–Crippen LogP) is 13.6. The third kappa shape index (κ3) is 44.6. The Morgan fingerprint density at radius 1 is 0.525 bits per heavy atom. The fourth-order valence-corrected chi connectivity index (χ4v) is 6.63. The molecule has 338 valence electrons. The van der Waals surface area contributed by atoms with Gasteiger partial charge in [0.25, 0.3) is 0 Å². The molecule has 0 aliphatic rings. The number of esters is 2. The Hall–Kier alpha value is -2.81. The summed E-state index contributed by atoms with van der Waals surface area (Å²) in [6.45, 7) is 3.53. The highest BCUT2D eigenvalue weighted by atomic mass is 31.2. The van der Waals surface area contributed by atoms with Gasteiger partial charge in [0.05, 0.1) is 13.2 Å². The van der Waals surface area contributed by atoms with E-state index in [-0.39, 0.29) is 32.6 Å². The summed E-state index contributed by atoms with van der Waals surface area (Å²) in [5.74, 6) is -0.892. The van der Waals surface area contributed by atoms with Gasteiger partial charge in [0.2, 0.25) is 0 Å². The first-order valence-corrected chi connectivity index (χ1v) is 24.6. The topological polar surface area (TPSA) is 134 Å². The molecule has 0 radical (unpaired) electrons. The number of nitrogens with two attached hydrogens (primary N) is 1. The number of hydrogen-bond donors (Lipinski definition) is 2. The van der Waals surface area contributed by atoms with Gasteiger partial charge in [-0.3, -0.25) is 18.6 Å². The van der Waals surface area contributed by atoms with E-state index >= 15 is 0 Å². The van der Waals surface area contributed by atoms with Crippen molar-refractivity contribution in [1.29, 1.82) is 0 Å². The molecule has 0 amide bonds. The van der Waals surface area contributed by atoms with E-state index in [0.717, 1.165) is 77.0 Å². The van der Waals surface area contributed by atoms with Crippen LogP contribution in [0.4, 0.5) is 0 Å². The monoisotopic (exact) mass is 846 g/mol. The summed E-state index contributed by atoms with van der Waals surface area (Å²) in [7, 11) is -4.40. The summed E-state index contributed by atoms with van der Waals surface area (Å²) >= 11 is 0. The number of phosphoric ester groups is 1. The normalized spacial score (nSPS) is 14.0. The molecule has 0 aliphatic heterocycles. The number of ether oxygens (including phenoxy) is 2. The maximum atomic E-state index is 12.6. The van der Waals surface area contributed by atoms with Gasteiger partial charge in [-0.05, 0) is 89.9 Å². The Morgan fingerprint density at radius 2 is 0.932 bits per heavy atom. The third-order valence-electron chi connectivity index (χ3n) is 9.27. The fourth-order valence-electron chi connectivity index (χ4n) is 5.87. The van der Waals surface area contributed by atoms with Crippen molar-refractivity contribution in [2.75, 3.05) is 26.4 Å². The summed E-state index contributed by atoms with van der Waals surface area (Å²) in [5.41, 5.74) is 5.35. The largest absolute Gasteiger partial charge is 0.472 e. The minimum absolute atomic E-state index is 0.0409. The molecule has 0 bridgehead atoms. The van der Waals surface area contributed by atoms with E-state index in [1.54, 1.807) is 0 Å². The third-order valence-corrected chi connectivity index (χ3v) is 10.2. The van der Waals surface area contributed by atoms with Crippen molar-refractivity contribution >= 4 is 19.8 Å². The van der Waals surface area contributed by atoms with Crippen LogP contribution in [-0.2, 0) is 32.7 Å². The van der Waals surface area contributed by atoms with Crippen molar-refractivity contribution < 1.29 is 37.6 Å². The van der Waals surface area contributed by atoms with E-state index in [2.05, 4.69) is 98.9 Å². The second kappa shape index (κ2) is 44.7. The lowest BCUT2D eigenvalue weighted by molar-refractivity contribution is -0.161. The lowest BCUT2D eigenvalue weighted by Gasteiger charge is -2.19. The standard InChI is InChI=1S/C49H84NO8P/c1-3-5-7-9-11-13-15-17-19-20-21-22-23-24-25-26-28-29-31-33-35-37-39-41-48(51)55-45-47(46-57-59(53,54)56-44-43-50)58-49(52)42-40-38-36-34-32-30-27-18-16-14-12-10-8-6-4-2/h6,8,12,14-15,17-18,20-21,23-24,27,32,34,47H,3-5,7,9-11,13,16,19,22,25-26,28-31,33,35-46,50H2,1-2H3,(H,53,54)/b8-6-,14-12-,17-15-,21-20-,24-23-,27-18-,34-32-. The molecule has 3 N–H and O–H groups in total. The first-order valence-electron chi connectivity index (χ1n) is 23.1. The van der Waals surface area contributed by atoms with Gasteiger partial charge < -0.3 is 20.1 Å². The molecule has 0 saturated carbocycles. The quantitative estimate of drug-likeness (QED) is 0.0266. The molecule has 0 aromatic heterocycles. The molecule has 0 rings (SSSR count). The average Bonchev–Trinajstić information content (AvgIpc) is 3.22. The summed E-state index contributed by atoms with van der Waals surface area (Å²) in [6.07, 6.45) is 56.2. The van der Waals surface area contributed by atoms with Crippen LogP contribution in [0, 0.1) is 0 Å². The Kier molecular flexibility index (Phi) is 42.6. The van der Waals surface area contributed by atoms with Gasteiger partial charge >= 0.3 is 19.8 Å². The Bertz CT molecular complexity index is 1240. The minimum atomic E-state index is -4.40. The summed E-state index contributed by atoms with van der Waals surface area (Å²) < 4.78 is 32.8. The van der Waals surface area contributed by atoms with Gasteiger partial charge in [-0.1, -0.05) is 163 Å². The Labute approximate surface area is 360 Å². The lowest BCUT2D eigenvalue weighted by Crippen LogP contribution is -2.29. The van der Waals surface area contributed by atoms with Crippen LogP contribution in [0.1, 0.15) is 181 Å². The van der Waals surface area contributed by atoms with Gasteiger partial charge in [0.15, 0.2) is 6.10 Å². The van der Waals surface area contributed by atoms with E-state index in [1.165, 1.54) is 64.2 Å². The lowest BCUT2D eigenvalue weighted by atomic mass is 10.1. The maximum absolute atomic E-state index is 12.6. The van der Waals surface area contributed by atoms with Crippen LogP contribution in [0.15, 0.2) is 85.1 Å². The second-order valence-corrected chi connectivity index (χ2v) is 16.3. The Morgan fingerprint density at radius 3 is 1.42 bits per heavy atom. The molecule has 0 saturated heterocycles. The molecule has 0 aliphatic carbocycles. The van der Waals surface area contributed by atoms with Crippen molar-refractivity contribution in [2.45, 2.75) is 187 Å². The average molecular weight is 846 g/mol. The van der Waals surface area contributed by atoms with Gasteiger partial charge in [-0.25, -0.2) is 4.57 Å². The van der Waals surface area contributed by atoms with E-state index in [4.69, 9.17) is 24.3 Å². The number of carbonyl (C=O) groups is 2. The molecular weight excluding hydrogens is 762 g/mol. The zero-order chi connectivity index (χ0) is 43.2. The van der Waals surface area contributed by atoms with Crippen molar-refractivity contribution in [3.8, 4) is 0 Å². The number of allylic oxidation sites excluding steroid dienone is 14. The van der Waals surface area contributed by atoms with E-state index in [1.807, 2.05) is 0 Å². The first-order chi connectivity index (χ1) is 28.8. The van der Waals surface area contributed by atoms with Crippen molar-refractivity contribution in [1.82, 2.24) is 0 Å². The van der Waals surface area contributed by atoms with Gasteiger partial charge in [0.1, 0.15) is 6.61 Å². The van der Waals surface area contributed by atoms with Crippen LogP contribution in [0.5, 0.6) is 0 Å². The smallest absolute Gasteiger partial charge is 0.462 e. The molecular formula is C49H84NO8P. The highest BCUT2D eigenvalue weighted by Crippen LogP contribution is 2.43. The maximum Gasteiger partial charge on any atom is 0.472 e. The van der Waals surface area contributed by atoms with Crippen LogP contribution in [0.3, 0.4) is 0 Å². The number of carbonyl (C=O) groups excluding carboxylic acids is 2. The minimum Gasteiger partial charge on any atom is -0.462 e. The van der Waals surface area contributed by atoms with E-state index in [9.17, 15) is 19.0 Å². The van der Waals surface area contributed by atoms with Crippen LogP contribution in [0.25, 0.3) is 0 Å². The molecule has 0 heterocycles. The molecule has 2 atom stereocenters. The van der Waals surface area contributed by atoms with Crippen molar-refractivity contribution in [3.05, 3.63) is 85.1 Å². The van der Waals surface area contributed by atoms with Crippen LogP contribution in [0.2, 0.25) is 0 Å². The second-order valence-electron chi connectivity index (χ2n) is 14.9. The molecule has 0 aromatic rings. The number of rotatable bonds is 42. The van der Waals surface area contributed by atoms with E-state index in [0.29, 0.717) is 12.8 Å². The highest BCUT2D eigenvalue weighted by molar-refractivity contribution is 7.47. The molecule has 0 spiro atoms. The molecule has 0 aromatic carbocycles. The number of phosphoric acid groups is 1. The van der Waals surface area contributed by atoms with Crippen LogP contribution >= 0.6 is 7.82 Å². The predicted molar refractivity (Wildman–Crippen MR) is 247 cm³/mol. The van der Waals surface area contributed by atoms with Crippen LogP contribution < -0.4 is 5.73 Å². The molecule has 2 unspecified atom stereocenters. The van der Waals surface area contributed by atoms with Gasteiger partial charge in [-0.2, -0.15) is 0 Å². The zero-order valence-electron chi connectivity index (χ0n) is 37.2. The highest BCUT2D eigenvalue weighted by Gasteiger charge is 2.26. The first kappa shape index (κ1) is 56.2. The molecule has 59 heavy (non-hydrogen) atoms. The SMILES string of the molecule is CC/C=C\C/C=C\C/C=C\C/C=C\CCCCC(=O)OC(COC(=O)CCCCCCCCCC/C=C\C/C=C\C/C=C\CCCCCCC)COP(=O)(O)OCCN. The number of hydrogen-bond acceptors (Lipinski definition) is 8. The summed E-state index contributed by atoms with van der Waals surface area (Å²) in [6, 6.07) is 0. The number of unbranched alkanes of at least 4 members (excludes halogenated alkanes) is 15. The van der Waals surface area contributed by atoms with E-state index < -0.39 is 32.5 Å². The van der Waals surface area contributed by atoms with Crippen LogP contribution in [-0.4, -0.2) is 49.3 Å².